The average Bonchev–Trinajstić information content (AvgIpc) is 2.50. The van der Waals surface area contributed by atoms with E-state index >= 15 is 0 Å². The maximum atomic E-state index is 13.5. The van der Waals surface area contributed by atoms with Crippen LogP contribution in [0.2, 0.25) is 5.02 Å². The number of hydrogen-bond acceptors (Lipinski definition) is 4. The molecular weight excluding hydrogens is 330 g/mol. The van der Waals surface area contributed by atoms with Crippen molar-refractivity contribution < 1.29 is 23.1 Å². The van der Waals surface area contributed by atoms with E-state index in [9.17, 15) is 18.4 Å². The fourth-order valence-electron chi connectivity index (χ4n) is 1.62. The average molecular weight is 341 g/mol. The van der Waals surface area contributed by atoms with Crippen molar-refractivity contribution in [2.24, 2.45) is 0 Å². The molecule has 0 radical (unpaired) electrons. The second kappa shape index (κ2) is 7.15. The smallest absolute Gasteiger partial charge is 0.357 e. The normalized spacial score (nSPS) is 11.7. The number of nitrogens with one attached hydrogen (secondary N) is 1. The number of carbonyl (C=O) groups excluding carboxylic acids is 2. The largest absolute Gasteiger partial charge is 0.448 e. The minimum absolute atomic E-state index is 0.0749. The van der Waals surface area contributed by atoms with E-state index in [0.717, 1.165) is 18.2 Å². The lowest BCUT2D eigenvalue weighted by Crippen LogP contribution is -2.30. The van der Waals surface area contributed by atoms with Crippen molar-refractivity contribution in [1.82, 2.24) is 4.98 Å². The Labute approximate surface area is 135 Å². The van der Waals surface area contributed by atoms with Crippen LogP contribution < -0.4 is 5.32 Å². The van der Waals surface area contributed by atoms with Crippen molar-refractivity contribution in [2.45, 2.75) is 13.0 Å². The number of pyridine rings is 1. The third-order valence-electron chi connectivity index (χ3n) is 2.77. The summed E-state index contributed by atoms with van der Waals surface area (Å²) in [5, 5.41) is 2.42. The van der Waals surface area contributed by atoms with Crippen LogP contribution in [-0.2, 0) is 9.53 Å². The summed E-state index contributed by atoms with van der Waals surface area (Å²) in [4.78, 5) is 27.5. The van der Waals surface area contributed by atoms with Crippen molar-refractivity contribution >= 4 is 29.2 Å². The fourth-order valence-corrected chi connectivity index (χ4v) is 1.78. The summed E-state index contributed by atoms with van der Waals surface area (Å²) in [6.45, 7) is 1.29. The first-order chi connectivity index (χ1) is 10.9. The van der Waals surface area contributed by atoms with Gasteiger partial charge in [0, 0.05) is 17.3 Å². The lowest BCUT2D eigenvalue weighted by atomic mass is 10.2. The number of amides is 1. The Bertz CT molecular complexity index is 755. The molecule has 23 heavy (non-hydrogen) atoms. The van der Waals surface area contributed by atoms with Crippen molar-refractivity contribution in [3.05, 3.63) is 58.9 Å². The molecule has 5 nitrogen and oxygen atoms in total. The quantitative estimate of drug-likeness (QED) is 0.868. The van der Waals surface area contributed by atoms with E-state index in [-0.39, 0.29) is 16.4 Å². The maximum Gasteiger partial charge on any atom is 0.357 e. The number of carbonyl (C=O) groups is 2. The molecule has 1 aromatic heterocycles. The fraction of sp³-hybridized carbons (Fsp3) is 0.133. The highest BCUT2D eigenvalue weighted by atomic mass is 35.5. The highest BCUT2D eigenvalue weighted by molar-refractivity contribution is 6.30. The molecule has 0 aliphatic carbocycles. The summed E-state index contributed by atoms with van der Waals surface area (Å²) in [7, 11) is 0. The molecule has 2 aromatic rings. The molecule has 0 saturated carbocycles. The number of ether oxygens (including phenoxy) is 1. The molecule has 0 aliphatic rings. The van der Waals surface area contributed by atoms with Crippen molar-refractivity contribution in [3.63, 3.8) is 0 Å². The molecule has 0 fully saturated rings. The van der Waals surface area contributed by atoms with Crippen LogP contribution in [0.25, 0.3) is 0 Å². The van der Waals surface area contributed by atoms with Crippen molar-refractivity contribution in [3.8, 4) is 0 Å². The lowest BCUT2D eigenvalue weighted by Gasteiger charge is -2.13. The first kappa shape index (κ1) is 16.8. The van der Waals surface area contributed by atoms with Gasteiger partial charge in [0.05, 0.1) is 5.69 Å². The van der Waals surface area contributed by atoms with Crippen LogP contribution in [0.1, 0.15) is 17.4 Å². The van der Waals surface area contributed by atoms with Gasteiger partial charge in [-0.15, -0.1) is 0 Å². The summed E-state index contributed by atoms with van der Waals surface area (Å²) in [6, 6.07) is 5.36. The maximum absolute atomic E-state index is 13.5. The molecule has 0 aliphatic heterocycles. The summed E-state index contributed by atoms with van der Waals surface area (Å²) < 4.78 is 31.4. The Hall–Kier alpha value is -2.54. The topological polar surface area (TPSA) is 68.3 Å². The van der Waals surface area contributed by atoms with Crippen LogP contribution >= 0.6 is 11.6 Å². The molecule has 1 aromatic carbocycles. The van der Waals surface area contributed by atoms with E-state index < -0.39 is 29.6 Å². The zero-order chi connectivity index (χ0) is 17.0. The second-order valence-electron chi connectivity index (χ2n) is 4.52. The molecule has 2 rings (SSSR count). The Morgan fingerprint density at radius 1 is 1.26 bits per heavy atom. The first-order valence-electron chi connectivity index (χ1n) is 6.45. The van der Waals surface area contributed by atoms with Gasteiger partial charge in [0.25, 0.3) is 5.91 Å². The molecule has 0 bridgehead atoms. The van der Waals surface area contributed by atoms with E-state index in [4.69, 9.17) is 16.3 Å². The zero-order valence-corrected chi connectivity index (χ0v) is 12.6. The predicted molar refractivity (Wildman–Crippen MR) is 79.1 cm³/mol. The van der Waals surface area contributed by atoms with E-state index in [1.807, 2.05) is 0 Å². The van der Waals surface area contributed by atoms with Gasteiger partial charge < -0.3 is 10.1 Å². The van der Waals surface area contributed by atoms with E-state index in [1.165, 1.54) is 25.3 Å². The molecule has 1 amide bonds. The van der Waals surface area contributed by atoms with Crippen LogP contribution in [-0.4, -0.2) is 23.0 Å². The number of hydrogen-bond donors (Lipinski definition) is 1. The Morgan fingerprint density at radius 2 is 2.00 bits per heavy atom. The van der Waals surface area contributed by atoms with Gasteiger partial charge in [0.2, 0.25) is 0 Å². The molecule has 1 atom stereocenters. The molecule has 8 heteroatoms. The molecule has 1 N–H and O–H groups in total. The SMILES string of the molecule is C[C@@H](OC(=O)c1cc(Cl)ccn1)C(=O)Nc1cc(F)ccc1F. The van der Waals surface area contributed by atoms with Gasteiger partial charge in [0.15, 0.2) is 6.10 Å². The predicted octanol–water partition coefficient (Wildman–Crippen LogP) is 3.20. The first-order valence-corrected chi connectivity index (χ1v) is 6.83. The van der Waals surface area contributed by atoms with Gasteiger partial charge in [-0.3, -0.25) is 4.79 Å². The van der Waals surface area contributed by atoms with Crippen LogP contribution in [0.4, 0.5) is 14.5 Å². The Balaban J connectivity index is 2.02. The Morgan fingerprint density at radius 3 is 2.70 bits per heavy atom. The van der Waals surface area contributed by atoms with Gasteiger partial charge in [-0.2, -0.15) is 0 Å². The van der Waals surface area contributed by atoms with Gasteiger partial charge in [-0.05, 0) is 31.2 Å². The van der Waals surface area contributed by atoms with Crippen LogP contribution in [0, 0.1) is 11.6 Å². The number of benzene rings is 1. The standard InChI is InChI=1S/C15H11ClF2N2O3/c1-8(23-15(22)13-6-9(16)4-5-19-13)14(21)20-12-7-10(17)2-3-11(12)18/h2-8H,1H3,(H,20,21)/t8-/m1/s1. The molecule has 0 unspecified atom stereocenters. The van der Waals surface area contributed by atoms with E-state index in [1.54, 1.807) is 0 Å². The summed E-state index contributed by atoms with van der Waals surface area (Å²) >= 11 is 5.72. The molecular formula is C15H11ClF2N2O3. The van der Waals surface area contributed by atoms with Crippen molar-refractivity contribution in [2.75, 3.05) is 5.32 Å². The van der Waals surface area contributed by atoms with Crippen molar-refractivity contribution in [1.29, 1.82) is 0 Å². The third-order valence-corrected chi connectivity index (χ3v) is 3.01. The summed E-state index contributed by atoms with van der Waals surface area (Å²) in [5.74, 6) is -3.20. The van der Waals surface area contributed by atoms with Gasteiger partial charge in [-0.1, -0.05) is 11.6 Å². The van der Waals surface area contributed by atoms with Crippen LogP contribution in [0.15, 0.2) is 36.5 Å². The van der Waals surface area contributed by atoms with Crippen LogP contribution in [0.5, 0.6) is 0 Å². The molecule has 1 heterocycles. The number of rotatable bonds is 4. The third kappa shape index (κ3) is 4.46. The lowest BCUT2D eigenvalue weighted by molar-refractivity contribution is -0.123. The monoisotopic (exact) mass is 340 g/mol. The van der Waals surface area contributed by atoms with Gasteiger partial charge >= 0.3 is 5.97 Å². The number of aromatic nitrogens is 1. The minimum Gasteiger partial charge on any atom is -0.448 e. The highest BCUT2D eigenvalue weighted by Crippen LogP contribution is 2.16. The number of esters is 1. The number of nitrogens with zero attached hydrogens (tertiary/aromatic N) is 1. The molecule has 120 valence electrons. The minimum atomic E-state index is -1.24. The zero-order valence-electron chi connectivity index (χ0n) is 11.8. The summed E-state index contributed by atoms with van der Waals surface area (Å²) in [5.41, 5.74) is -0.423. The second-order valence-corrected chi connectivity index (χ2v) is 4.96. The van der Waals surface area contributed by atoms with Gasteiger partial charge in [-0.25, -0.2) is 18.6 Å². The molecule has 0 saturated heterocycles. The van der Waals surface area contributed by atoms with Crippen LogP contribution in [0.3, 0.4) is 0 Å². The van der Waals surface area contributed by atoms with E-state index in [0.29, 0.717) is 0 Å². The highest BCUT2D eigenvalue weighted by Gasteiger charge is 2.21. The van der Waals surface area contributed by atoms with Gasteiger partial charge in [0.1, 0.15) is 17.3 Å². The number of anilines is 1. The summed E-state index contributed by atoms with van der Waals surface area (Å²) in [6.07, 6.45) is 0.0668. The number of halogens is 3. The Kier molecular flexibility index (Phi) is 5.23. The van der Waals surface area contributed by atoms with E-state index in [2.05, 4.69) is 10.3 Å². The molecule has 0 spiro atoms.